The number of benzene rings is 1. The molecule has 0 heterocycles. The fourth-order valence-corrected chi connectivity index (χ4v) is 2.68. The summed E-state index contributed by atoms with van der Waals surface area (Å²) in [5, 5.41) is 10.5. The first-order chi connectivity index (χ1) is 7.58. The molecule has 0 saturated heterocycles. The second-order valence-electron chi connectivity index (χ2n) is 4.51. The number of nitrogens with two attached hydrogens (primary N) is 1. The number of hydrogen-bond acceptors (Lipinski definition) is 3. The Bertz CT molecular complexity index is 302. The molecule has 1 unspecified atom stereocenters. The minimum atomic E-state index is -0.888. The highest BCUT2D eigenvalue weighted by Gasteiger charge is 2.27. The molecule has 0 radical (unpaired) electrons. The van der Waals surface area contributed by atoms with Crippen LogP contribution >= 0.6 is 11.8 Å². The summed E-state index contributed by atoms with van der Waals surface area (Å²) in [6, 6.07) is 9.68. The predicted molar refractivity (Wildman–Crippen MR) is 71.6 cm³/mol. The van der Waals surface area contributed by atoms with Crippen LogP contribution in [0.4, 0.5) is 0 Å². The van der Waals surface area contributed by atoms with E-state index in [1.54, 1.807) is 11.8 Å². The van der Waals surface area contributed by atoms with E-state index in [2.05, 4.69) is 13.8 Å². The van der Waals surface area contributed by atoms with Gasteiger partial charge in [0.2, 0.25) is 0 Å². The molecule has 1 aromatic rings. The highest BCUT2D eigenvalue weighted by atomic mass is 32.2. The first-order valence-corrected chi connectivity index (χ1v) is 6.79. The van der Waals surface area contributed by atoms with Gasteiger partial charge in [0, 0.05) is 12.3 Å². The zero-order valence-electron chi connectivity index (χ0n) is 10.0. The topological polar surface area (TPSA) is 46.2 Å². The number of aliphatic hydroxyl groups is 1. The van der Waals surface area contributed by atoms with Crippen LogP contribution in [0.5, 0.6) is 0 Å². The van der Waals surface area contributed by atoms with Gasteiger partial charge in [0.15, 0.2) is 0 Å². The lowest BCUT2D eigenvalue weighted by atomic mass is 9.96. The summed E-state index contributed by atoms with van der Waals surface area (Å²) in [6.45, 7) is 4.62. The SMILES string of the molecule is CC(C)CSCC(O)(CN)c1ccccc1. The summed E-state index contributed by atoms with van der Waals surface area (Å²) in [7, 11) is 0. The van der Waals surface area contributed by atoms with E-state index < -0.39 is 5.60 Å². The van der Waals surface area contributed by atoms with Gasteiger partial charge in [-0.1, -0.05) is 44.2 Å². The minimum absolute atomic E-state index is 0.266. The van der Waals surface area contributed by atoms with Gasteiger partial charge < -0.3 is 10.8 Å². The molecule has 1 aromatic carbocycles. The monoisotopic (exact) mass is 239 g/mol. The van der Waals surface area contributed by atoms with Gasteiger partial charge in [-0.3, -0.25) is 0 Å². The molecule has 0 aliphatic heterocycles. The Balaban J connectivity index is 2.63. The van der Waals surface area contributed by atoms with E-state index in [9.17, 15) is 5.11 Å². The maximum atomic E-state index is 10.5. The van der Waals surface area contributed by atoms with Crippen LogP contribution in [0.15, 0.2) is 30.3 Å². The summed E-state index contributed by atoms with van der Waals surface area (Å²) < 4.78 is 0. The van der Waals surface area contributed by atoms with Crippen molar-refractivity contribution in [2.24, 2.45) is 11.7 Å². The maximum Gasteiger partial charge on any atom is 0.111 e. The van der Waals surface area contributed by atoms with Crippen LogP contribution in [-0.2, 0) is 5.60 Å². The second-order valence-corrected chi connectivity index (χ2v) is 5.54. The average Bonchev–Trinajstić information content (AvgIpc) is 2.29. The molecule has 0 aliphatic carbocycles. The third-order valence-corrected chi connectivity index (χ3v) is 4.02. The van der Waals surface area contributed by atoms with Crippen molar-refractivity contribution >= 4 is 11.8 Å². The zero-order chi connectivity index (χ0) is 12.0. The van der Waals surface area contributed by atoms with Crippen molar-refractivity contribution in [3.05, 3.63) is 35.9 Å². The molecular weight excluding hydrogens is 218 g/mol. The van der Waals surface area contributed by atoms with Gasteiger partial charge in [-0.05, 0) is 17.2 Å². The van der Waals surface area contributed by atoms with Gasteiger partial charge in [0.05, 0.1) is 0 Å². The van der Waals surface area contributed by atoms with Crippen molar-refractivity contribution in [2.45, 2.75) is 19.4 Å². The Hall–Kier alpha value is -0.510. The Morgan fingerprint density at radius 2 is 1.94 bits per heavy atom. The van der Waals surface area contributed by atoms with Crippen LogP contribution in [0, 0.1) is 5.92 Å². The first kappa shape index (κ1) is 13.6. The molecule has 1 rings (SSSR count). The van der Waals surface area contributed by atoms with E-state index in [0.29, 0.717) is 11.7 Å². The quantitative estimate of drug-likeness (QED) is 0.800. The second kappa shape index (κ2) is 6.28. The van der Waals surface area contributed by atoms with Gasteiger partial charge >= 0.3 is 0 Å². The number of hydrogen-bond donors (Lipinski definition) is 2. The van der Waals surface area contributed by atoms with Crippen molar-refractivity contribution < 1.29 is 5.11 Å². The summed E-state index contributed by atoms with van der Waals surface area (Å²) in [5.74, 6) is 2.35. The molecule has 0 saturated carbocycles. The molecule has 90 valence electrons. The number of rotatable bonds is 6. The van der Waals surface area contributed by atoms with E-state index in [-0.39, 0.29) is 6.54 Å². The van der Waals surface area contributed by atoms with Crippen LogP contribution in [-0.4, -0.2) is 23.2 Å². The van der Waals surface area contributed by atoms with Gasteiger partial charge in [0.25, 0.3) is 0 Å². The van der Waals surface area contributed by atoms with Gasteiger partial charge in [0.1, 0.15) is 5.60 Å². The standard InChI is InChI=1S/C13H21NOS/c1-11(2)8-16-10-13(15,9-14)12-6-4-3-5-7-12/h3-7,11,15H,8-10,14H2,1-2H3. The average molecular weight is 239 g/mol. The molecule has 0 bridgehead atoms. The summed E-state index contributed by atoms with van der Waals surface area (Å²) in [5.41, 5.74) is 5.72. The third-order valence-electron chi connectivity index (χ3n) is 2.44. The molecule has 0 aromatic heterocycles. The van der Waals surface area contributed by atoms with Crippen LogP contribution in [0.25, 0.3) is 0 Å². The Morgan fingerprint density at radius 1 is 1.31 bits per heavy atom. The molecule has 0 amide bonds. The van der Waals surface area contributed by atoms with Crippen molar-refractivity contribution in [3.63, 3.8) is 0 Å². The van der Waals surface area contributed by atoms with E-state index >= 15 is 0 Å². The normalized spacial score (nSPS) is 15.1. The molecule has 3 heteroatoms. The lowest BCUT2D eigenvalue weighted by Crippen LogP contribution is -2.37. The van der Waals surface area contributed by atoms with Crippen LogP contribution in [0.2, 0.25) is 0 Å². The zero-order valence-corrected chi connectivity index (χ0v) is 10.8. The Labute approximate surface area is 102 Å². The van der Waals surface area contributed by atoms with Crippen LogP contribution in [0.1, 0.15) is 19.4 Å². The fourth-order valence-electron chi connectivity index (χ4n) is 1.47. The van der Waals surface area contributed by atoms with Gasteiger partial charge in [-0.25, -0.2) is 0 Å². The van der Waals surface area contributed by atoms with E-state index in [1.165, 1.54) is 0 Å². The summed E-state index contributed by atoms with van der Waals surface area (Å²) in [4.78, 5) is 0. The van der Waals surface area contributed by atoms with E-state index in [4.69, 9.17) is 5.73 Å². The minimum Gasteiger partial charge on any atom is -0.383 e. The van der Waals surface area contributed by atoms with Gasteiger partial charge in [-0.2, -0.15) is 11.8 Å². The third kappa shape index (κ3) is 3.81. The predicted octanol–water partition coefficient (Wildman–Crippen LogP) is 2.22. The summed E-state index contributed by atoms with van der Waals surface area (Å²) >= 11 is 1.76. The summed E-state index contributed by atoms with van der Waals surface area (Å²) in [6.07, 6.45) is 0. The van der Waals surface area contributed by atoms with Crippen molar-refractivity contribution in [2.75, 3.05) is 18.1 Å². The fraction of sp³-hybridized carbons (Fsp3) is 0.538. The number of thioether (sulfide) groups is 1. The molecular formula is C13H21NOS. The Morgan fingerprint density at radius 3 is 2.44 bits per heavy atom. The molecule has 16 heavy (non-hydrogen) atoms. The Kier molecular flexibility index (Phi) is 5.32. The van der Waals surface area contributed by atoms with Gasteiger partial charge in [-0.15, -0.1) is 0 Å². The molecule has 0 spiro atoms. The van der Waals surface area contributed by atoms with Crippen LogP contribution < -0.4 is 5.73 Å². The highest BCUT2D eigenvalue weighted by molar-refractivity contribution is 7.99. The molecule has 2 nitrogen and oxygen atoms in total. The molecule has 3 N–H and O–H groups in total. The van der Waals surface area contributed by atoms with Crippen molar-refractivity contribution in [1.82, 2.24) is 0 Å². The molecule has 1 atom stereocenters. The van der Waals surface area contributed by atoms with Crippen molar-refractivity contribution in [1.29, 1.82) is 0 Å². The highest BCUT2D eigenvalue weighted by Crippen LogP contribution is 2.25. The van der Waals surface area contributed by atoms with Crippen LogP contribution in [0.3, 0.4) is 0 Å². The van der Waals surface area contributed by atoms with E-state index in [1.807, 2.05) is 30.3 Å². The lowest BCUT2D eigenvalue weighted by molar-refractivity contribution is 0.0721. The first-order valence-electron chi connectivity index (χ1n) is 5.64. The maximum absolute atomic E-state index is 10.5. The lowest BCUT2D eigenvalue weighted by Gasteiger charge is -2.27. The van der Waals surface area contributed by atoms with Crippen molar-refractivity contribution in [3.8, 4) is 0 Å². The largest absolute Gasteiger partial charge is 0.383 e. The molecule has 0 aliphatic rings. The van der Waals surface area contributed by atoms with E-state index in [0.717, 1.165) is 11.3 Å². The smallest absolute Gasteiger partial charge is 0.111 e. The molecule has 0 fully saturated rings.